The van der Waals surface area contributed by atoms with Gasteiger partial charge >= 0.3 is 0 Å². The van der Waals surface area contributed by atoms with Crippen LogP contribution in [0.5, 0.6) is 0 Å². The highest BCUT2D eigenvalue weighted by molar-refractivity contribution is 7.80. The molecule has 0 radical (unpaired) electrons. The molecule has 1 aliphatic carbocycles. The number of carbonyl (C=O) groups excluding carboxylic acids is 2. The van der Waals surface area contributed by atoms with Gasteiger partial charge in [0.2, 0.25) is 0 Å². The smallest absolute Gasteiger partial charge is 0.266 e. The Balaban J connectivity index is 1.37. The summed E-state index contributed by atoms with van der Waals surface area (Å²) in [6, 6.07) is 20.5. The number of nitrogens with zero attached hydrogens (tertiary/aromatic N) is 4. The Labute approximate surface area is 304 Å². The van der Waals surface area contributed by atoms with Gasteiger partial charge in [0.05, 0.1) is 0 Å². The normalized spacial score (nSPS) is 18.5. The highest BCUT2D eigenvalue weighted by Crippen LogP contribution is 2.40. The van der Waals surface area contributed by atoms with Crippen molar-refractivity contribution in [3.63, 3.8) is 0 Å². The summed E-state index contributed by atoms with van der Waals surface area (Å²) in [4.78, 5) is 30.6. The van der Waals surface area contributed by atoms with E-state index in [9.17, 15) is 9.59 Å². The predicted octanol–water partition coefficient (Wildman–Crippen LogP) is 8.11. The number of halogens is 2. The van der Waals surface area contributed by atoms with Gasteiger partial charge in [0.25, 0.3) is 11.8 Å². The largest absolute Gasteiger partial charge is 0.341 e. The second kappa shape index (κ2) is 12.3. The van der Waals surface area contributed by atoms with Crippen molar-refractivity contribution in [1.82, 2.24) is 18.9 Å². The molecule has 1 saturated carbocycles. The fraction of sp³-hybridized carbons (Fsp3) is 0.195. The first kappa shape index (κ1) is 32.5. The van der Waals surface area contributed by atoms with E-state index in [4.69, 9.17) is 35.4 Å². The van der Waals surface area contributed by atoms with Gasteiger partial charge in [-0.15, -0.1) is 0 Å². The summed E-state index contributed by atoms with van der Waals surface area (Å²) in [6.45, 7) is 5.80. The molecule has 8 rings (SSSR count). The topological polar surface area (TPSA) is 50.5 Å². The number of hydrogen-bond donors (Lipinski definition) is 0. The second-order valence-electron chi connectivity index (χ2n) is 12.8. The van der Waals surface area contributed by atoms with Crippen LogP contribution in [0.3, 0.4) is 0 Å². The average Bonchev–Trinajstić information content (AvgIpc) is 3.78. The van der Waals surface area contributed by atoms with E-state index >= 15 is 0 Å². The van der Waals surface area contributed by atoms with E-state index in [1.54, 1.807) is 14.1 Å². The van der Waals surface area contributed by atoms with E-state index in [0.717, 1.165) is 88.3 Å². The van der Waals surface area contributed by atoms with Crippen molar-refractivity contribution in [3.8, 4) is 0 Å². The van der Waals surface area contributed by atoms with Crippen LogP contribution < -0.4 is 10.7 Å². The van der Waals surface area contributed by atoms with Gasteiger partial charge in [0.15, 0.2) is 5.11 Å². The highest BCUT2D eigenvalue weighted by Gasteiger charge is 2.40. The lowest BCUT2D eigenvalue weighted by molar-refractivity contribution is -0.132. The zero-order chi connectivity index (χ0) is 35.0. The SMILES string of the molecule is CCn1/c(=C/C=C2/CC/C(=C\C=c3/c4cccc5c(Cl)ccc(c54)n3CC)C2=C2C(=O)N(C)C(=S)N(C)C2=O)c2cccc3c(Cl)ccc1c32. The standard InChI is InChI=1S/C41H34Cl2N4O2S/c1-5-46-31(27-11-7-9-25-29(42)17-21-33(46)36(25)27)19-15-23-13-14-24(35(23)38-39(48)44(3)41(50)45(4)40(38)49)16-20-32-28-12-8-10-26-30(43)18-22-34(37(26)28)47(32)6-2/h7-12,15-22H,5-6,13-14H2,1-4H3/b23-15-,24-16+,31-19+,32-20+. The lowest BCUT2D eigenvalue weighted by atomic mass is 9.95. The fourth-order valence-corrected chi connectivity index (χ4v) is 8.56. The van der Waals surface area contributed by atoms with E-state index in [-0.39, 0.29) is 10.7 Å². The van der Waals surface area contributed by atoms with Crippen LogP contribution in [0, 0.1) is 0 Å². The number of hydrogen-bond acceptors (Lipinski definition) is 3. The maximum Gasteiger partial charge on any atom is 0.266 e. The van der Waals surface area contributed by atoms with Gasteiger partial charge in [-0.25, -0.2) is 0 Å². The predicted molar refractivity (Wildman–Crippen MR) is 210 cm³/mol. The maximum atomic E-state index is 13.9. The van der Waals surface area contributed by atoms with Gasteiger partial charge in [-0.2, -0.15) is 0 Å². The van der Waals surface area contributed by atoms with Gasteiger partial charge in [0, 0.05) is 91.3 Å². The molecule has 2 fully saturated rings. The third-order valence-electron chi connectivity index (χ3n) is 10.3. The Morgan fingerprint density at radius 2 is 1.04 bits per heavy atom. The van der Waals surface area contributed by atoms with Crippen molar-refractivity contribution in [2.45, 2.75) is 39.8 Å². The van der Waals surface area contributed by atoms with Crippen molar-refractivity contribution in [3.05, 3.63) is 116 Å². The van der Waals surface area contributed by atoms with Crippen LogP contribution in [-0.2, 0) is 22.7 Å². The van der Waals surface area contributed by atoms with Crippen LogP contribution in [0.25, 0.3) is 55.5 Å². The summed E-state index contributed by atoms with van der Waals surface area (Å²) in [5.74, 6) is -0.782. The summed E-state index contributed by atoms with van der Waals surface area (Å²) in [6.07, 6.45) is 9.76. The third-order valence-corrected chi connectivity index (χ3v) is 11.5. The molecule has 3 heterocycles. The molecule has 0 bridgehead atoms. The van der Waals surface area contributed by atoms with Gasteiger partial charge in [0.1, 0.15) is 5.57 Å². The number of aromatic nitrogens is 2. The summed E-state index contributed by atoms with van der Waals surface area (Å²) >= 11 is 18.7. The lowest BCUT2D eigenvalue weighted by Crippen LogP contribution is -2.53. The molecule has 2 amide bonds. The molecule has 2 aromatic heterocycles. The molecule has 0 N–H and O–H groups in total. The van der Waals surface area contributed by atoms with E-state index in [0.29, 0.717) is 18.4 Å². The maximum absolute atomic E-state index is 13.9. The molecule has 9 heteroatoms. The van der Waals surface area contributed by atoms with Gasteiger partial charge in [-0.05, 0) is 92.0 Å². The quantitative estimate of drug-likeness (QED) is 0.105. The molecule has 0 atom stereocenters. The van der Waals surface area contributed by atoms with E-state index in [1.165, 1.54) is 9.80 Å². The minimum atomic E-state index is -0.391. The van der Waals surface area contributed by atoms with Crippen molar-refractivity contribution >= 4 is 108 Å². The number of allylic oxidation sites excluding steroid dienone is 5. The molecule has 250 valence electrons. The van der Waals surface area contributed by atoms with Gasteiger partial charge in [-0.1, -0.05) is 71.8 Å². The molecule has 6 nitrogen and oxygen atoms in total. The molecule has 4 aromatic carbocycles. The van der Waals surface area contributed by atoms with Crippen molar-refractivity contribution in [2.24, 2.45) is 0 Å². The van der Waals surface area contributed by atoms with Crippen LogP contribution in [0.4, 0.5) is 0 Å². The Morgan fingerprint density at radius 3 is 1.46 bits per heavy atom. The number of likely N-dealkylation sites (N-methyl/N-ethyl adjacent to an activating group) is 2. The summed E-state index contributed by atoms with van der Waals surface area (Å²) < 4.78 is 4.57. The molecule has 6 aromatic rings. The zero-order valence-electron chi connectivity index (χ0n) is 28.2. The van der Waals surface area contributed by atoms with E-state index < -0.39 is 11.8 Å². The summed E-state index contributed by atoms with van der Waals surface area (Å²) in [7, 11) is 3.25. The van der Waals surface area contributed by atoms with Crippen LogP contribution in [-0.4, -0.2) is 50.0 Å². The minimum Gasteiger partial charge on any atom is -0.341 e. The molecular formula is C41H34Cl2N4O2S. The fourth-order valence-electron chi connectivity index (χ4n) is 7.95. The van der Waals surface area contributed by atoms with Crippen LogP contribution in [0.1, 0.15) is 26.7 Å². The monoisotopic (exact) mass is 716 g/mol. The molecule has 2 aliphatic rings. The summed E-state index contributed by atoms with van der Waals surface area (Å²) in [5, 5.41) is 10.3. The Bertz CT molecular complexity index is 2510. The zero-order valence-corrected chi connectivity index (χ0v) is 30.5. The molecule has 0 unspecified atom stereocenters. The molecule has 1 saturated heterocycles. The Kier molecular flexibility index (Phi) is 7.98. The molecular weight excluding hydrogens is 683 g/mol. The van der Waals surface area contributed by atoms with Gasteiger partial charge < -0.3 is 9.13 Å². The number of aryl methyl sites for hydroxylation is 2. The van der Waals surface area contributed by atoms with Crippen molar-refractivity contribution in [2.75, 3.05) is 14.1 Å². The average molecular weight is 718 g/mol. The summed E-state index contributed by atoms with van der Waals surface area (Å²) in [5.41, 5.74) is 4.92. The van der Waals surface area contributed by atoms with Crippen LogP contribution >= 0.6 is 35.4 Å². The number of benzene rings is 4. The number of carbonyl (C=O) groups is 2. The first-order chi connectivity index (χ1) is 24.2. The Morgan fingerprint density at radius 1 is 0.620 bits per heavy atom. The number of amides is 2. The number of thiocarbonyl (C=S) groups is 1. The molecule has 0 spiro atoms. The van der Waals surface area contributed by atoms with Gasteiger partial charge in [-0.3, -0.25) is 19.4 Å². The van der Waals surface area contributed by atoms with Crippen molar-refractivity contribution < 1.29 is 9.59 Å². The third kappa shape index (κ3) is 4.71. The highest BCUT2D eigenvalue weighted by atomic mass is 35.5. The van der Waals surface area contributed by atoms with Crippen LogP contribution in [0.2, 0.25) is 10.0 Å². The Hall–Kier alpha value is -4.69. The number of rotatable bonds is 4. The first-order valence-corrected chi connectivity index (χ1v) is 18.0. The second-order valence-corrected chi connectivity index (χ2v) is 14.0. The minimum absolute atomic E-state index is 0.141. The molecule has 1 aliphatic heterocycles. The molecule has 50 heavy (non-hydrogen) atoms. The van der Waals surface area contributed by atoms with Crippen molar-refractivity contribution in [1.29, 1.82) is 0 Å². The first-order valence-electron chi connectivity index (χ1n) is 16.8. The van der Waals surface area contributed by atoms with Crippen LogP contribution in [0.15, 0.2) is 95.1 Å². The van der Waals surface area contributed by atoms with E-state index in [2.05, 4.69) is 83.7 Å². The lowest BCUT2D eigenvalue weighted by Gasteiger charge is -2.33. The van der Waals surface area contributed by atoms with E-state index in [1.807, 2.05) is 24.3 Å².